The van der Waals surface area contributed by atoms with Gasteiger partial charge < -0.3 is 19.5 Å². The summed E-state index contributed by atoms with van der Waals surface area (Å²) in [6, 6.07) is 11.5. The maximum Gasteiger partial charge on any atom is 0.274 e. The van der Waals surface area contributed by atoms with Gasteiger partial charge in [0.15, 0.2) is 0 Å². The first-order chi connectivity index (χ1) is 13.7. The first-order valence-corrected chi connectivity index (χ1v) is 9.45. The number of benzene rings is 1. The lowest BCUT2D eigenvalue weighted by Gasteiger charge is -2.36. The molecule has 2 aromatic heterocycles. The van der Waals surface area contributed by atoms with Gasteiger partial charge in [0.2, 0.25) is 0 Å². The van der Waals surface area contributed by atoms with Gasteiger partial charge in [-0.2, -0.15) is 0 Å². The molecule has 3 aromatic rings. The van der Waals surface area contributed by atoms with Crippen LogP contribution in [0.15, 0.2) is 59.5 Å². The molecule has 1 amide bonds. The number of furan rings is 1. The van der Waals surface area contributed by atoms with Crippen molar-refractivity contribution in [2.75, 3.05) is 36.4 Å². The molecule has 0 atom stereocenters. The van der Waals surface area contributed by atoms with Crippen LogP contribution in [0.25, 0.3) is 0 Å². The average molecular weight is 398 g/mol. The highest BCUT2D eigenvalue weighted by Crippen LogP contribution is 2.21. The van der Waals surface area contributed by atoms with E-state index in [9.17, 15) is 4.79 Å². The van der Waals surface area contributed by atoms with E-state index in [0.29, 0.717) is 36.2 Å². The molecule has 28 heavy (non-hydrogen) atoms. The number of nitrogens with zero attached hydrogens (tertiary/aromatic N) is 4. The molecule has 8 heteroatoms. The maximum absolute atomic E-state index is 12.7. The van der Waals surface area contributed by atoms with Crippen LogP contribution >= 0.6 is 11.6 Å². The number of carbonyl (C=O) groups excluding carboxylic acids is 1. The highest BCUT2D eigenvalue weighted by Gasteiger charge is 2.23. The van der Waals surface area contributed by atoms with Crippen LogP contribution in [0, 0.1) is 0 Å². The first kappa shape index (κ1) is 18.3. The SMILES string of the molecule is O=C(c1cnc(NCc2ccco2)cn1)N1CCN(c2cccc(Cl)c2)CC1. The van der Waals surface area contributed by atoms with Crippen molar-refractivity contribution >= 4 is 29.0 Å². The van der Waals surface area contributed by atoms with Gasteiger partial charge in [0.05, 0.1) is 25.2 Å². The quantitative estimate of drug-likeness (QED) is 0.712. The molecular weight excluding hydrogens is 378 g/mol. The molecule has 1 N–H and O–H groups in total. The number of piperazine rings is 1. The van der Waals surface area contributed by atoms with Crippen molar-refractivity contribution in [2.24, 2.45) is 0 Å². The fourth-order valence-electron chi connectivity index (χ4n) is 3.12. The third-order valence-corrected chi connectivity index (χ3v) is 4.87. The number of hydrogen-bond acceptors (Lipinski definition) is 6. The Morgan fingerprint density at radius 1 is 1.11 bits per heavy atom. The molecule has 4 rings (SSSR count). The second-order valence-electron chi connectivity index (χ2n) is 6.48. The smallest absolute Gasteiger partial charge is 0.274 e. The molecule has 3 heterocycles. The van der Waals surface area contributed by atoms with Gasteiger partial charge in [-0.1, -0.05) is 17.7 Å². The van der Waals surface area contributed by atoms with Crippen molar-refractivity contribution in [3.8, 4) is 0 Å². The Morgan fingerprint density at radius 3 is 2.64 bits per heavy atom. The third-order valence-electron chi connectivity index (χ3n) is 4.64. The predicted molar refractivity (Wildman–Crippen MR) is 108 cm³/mol. The van der Waals surface area contributed by atoms with Crippen LogP contribution in [0.5, 0.6) is 0 Å². The van der Waals surface area contributed by atoms with Crippen molar-refractivity contribution in [2.45, 2.75) is 6.54 Å². The summed E-state index contributed by atoms with van der Waals surface area (Å²) in [7, 11) is 0. The average Bonchev–Trinajstić information content (AvgIpc) is 3.26. The van der Waals surface area contributed by atoms with Gasteiger partial charge in [0.25, 0.3) is 5.91 Å². The topological polar surface area (TPSA) is 74.5 Å². The van der Waals surface area contributed by atoms with Crippen molar-refractivity contribution < 1.29 is 9.21 Å². The molecule has 0 spiro atoms. The first-order valence-electron chi connectivity index (χ1n) is 9.07. The Hall–Kier alpha value is -3.06. The van der Waals surface area contributed by atoms with Crippen molar-refractivity contribution in [1.29, 1.82) is 0 Å². The van der Waals surface area contributed by atoms with E-state index in [1.807, 2.05) is 36.4 Å². The molecule has 1 aromatic carbocycles. The summed E-state index contributed by atoms with van der Waals surface area (Å²) < 4.78 is 5.26. The van der Waals surface area contributed by atoms with E-state index < -0.39 is 0 Å². The molecule has 0 saturated carbocycles. The molecule has 0 radical (unpaired) electrons. The molecule has 7 nitrogen and oxygen atoms in total. The monoisotopic (exact) mass is 397 g/mol. The summed E-state index contributed by atoms with van der Waals surface area (Å²) in [6.45, 7) is 3.28. The summed E-state index contributed by atoms with van der Waals surface area (Å²) in [5.74, 6) is 1.30. The van der Waals surface area contributed by atoms with Crippen molar-refractivity contribution in [3.05, 3.63) is 71.5 Å². The minimum Gasteiger partial charge on any atom is -0.467 e. The van der Waals surface area contributed by atoms with E-state index >= 15 is 0 Å². The fourth-order valence-corrected chi connectivity index (χ4v) is 3.31. The van der Waals surface area contributed by atoms with Crippen LogP contribution in [0.1, 0.15) is 16.2 Å². The number of halogens is 1. The lowest BCUT2D eigenvalue weighted by atomic mass is 10.2. The molecule has 0 unspecified atom stereocenters. The normalized spacial score (nSPS) is 14.2. The minimum absolute atomic E-state index is 0.101. The van der Waals surface area contributed by atoms with Crippen LogP contribution in [-0.2, 0) is 6.54 Å². The Balaban J connectivity index is 1.32. The zero-order chi connectivity index (χ0) is 19.3. The molecule has 0 aliphatic carbocycles. The van der Waals surface area contributed by atoms with Crippen LogP contribution in [0.2, 0.25) is 5.02 Å². The molecule has 0 bridgehead atoms. The van der Waals surface area contributed by atoms with E-state index in [1.54, 1.807) is 17.4 Å². The predicted octanol–water partition coefficient (Wildman–Crippen LogP) is 3.30. The molecule has 144 valence electrons. The summed E-state index contributed by atoms with van der Waals surface area (Å²) in [5, 5.41) is 3.83. The van der Waals surface area contributed by atoms with Gasteiger partial charge in [-0.15, -0.1) is 0 Å². The number of carbonyl (C=O) groups is 1. The second kappa shape index (κ2) is 8.31. The number of hydrogen-bond donors (Lipinski definition) is 1. The summed E-state index contributed by atoms with van der Waals surface area (Å²) in [5.41, 5.74) is 1.42. The molecule has 1 saturated heterocycles. The van der Waals surface area contributed by atoms with E-state index in [1.165, 1.54) is 6.20 Å². The fraction of sp³-hybridized carbons (Fsp3) is 0.250. The van der Waals surface area contributed by atoms with Gasteiger partial charge in [-0.25, -0.2) is 9.97 Å². The standard InChI is InChI=1S/C20H20ClN5O2/c21-15-3-1-4-16(11-15)25-6-8-26(9-7-25)20(27)18-13-24-19(14-22-18)23-12-17-5-2-10-28-17/h1-5,10-11,13-14H,6-9,12H2,(H,23,24). The lowest BCUT2D eigenvalue weighted by Crippen LogP contribution is -2.49. The number of amides is 1. The third kappa shape index (κ3) is 4.26. The Labute approximate surface area is 167 Å². The summed E-state index contributed by atoms with van der Waals surface area (Å²) >= 11 is 6.07. The van der Waals surface area contributed by atoms with Crippen LogP contribution in [0.4, 0.5) is 11.5 Å². The zero-order valence-electron chi connectivity index (χ0n) is 15.2. The summed E-state index contributed by atoms with van der Waals surface area (Å²) in [4.78, 5) is 25.3. The lowest BCUT2D eigenvalue weighted by molar-refractivity contribution is 0.0740. The van der Waals surface area contributed by atoms with E-state index in [4.69, 9.17) is 16.0 Å². The molecule has 1 aliphatic heterocycles. The maximum atomic E-state index is 12.7. The molecular formula is C20H20ClN5O2. The van der Waals surface area contributed by atoms with E-state index in [0.717, 1.165) is 24.5 Å². The van der Waals surface area contributed by atoms with Crippen molar-refractivity contribution in [1.82, 2.24) is 14.9 Å². The number of nitrogens with one attached hydrogen (secondary N) is 1. The second-order valence-corrected chi connectivity index (χ2v) is 6.92. The molecule has 1 aliphatic rings. The van der Waals surface area contributed by atoms with Crippen LogP contribution < -0.4 is 10.2 Å². The van der Waals surface area contributed by atoms with Gasteiger partial charge in [-0.3, -0.25) is 4.79 Å². The number of rotatable bonds is 5. The Bertz CT molecular complexity index is 922. The number of aromatic nitrogens is 2. The van der Waals surface area contributed by atoms with Crippen molar-refractivity contribution in [3.63, 3.8) is 0 Å². The highest BCUT2D eigenvalue weighted by molar-refractivity contribution is 6.30. The number of anilines is 2. The van der Waals surface area contributed by atoms with Gasteiger partial charge in [0, 0.05) is 36.9 Å². The molecule has 1 fully saturated rings. The van der Waals surface area contributed by atoms with E-state index in [2.05, 4.69) is 20.2 Å². The van der Waals surface area contributed by atoms with Gasteiger partial charge in [0.1, 0.15) is 17.3 Å². The zero-order valence-corrected chi connectivity index (χ0v) is 16.0. The highest BCUT2D eigenvalue weighted by atomic mass is 35.5. The summed E-state index contributed by atoms with van der Waals surface area (Å²) in [6.07, 6.45) is 4.70. The minimum atomic E-state index is -0.101. The van der Waals surface area contributed by atoms with Gasteiger partial charge in [-0.05, 0) is 30.3 Å². The Kier molecular flexibility index (Phi) is 5.43. The van der Waals surface area contributed by atoms with E-state index in [-0.39, 0.29) is 5.91 Å². The van der Waals surface area contributed by atoms with Gasteiger partial charge >= 0.3 is 0 Å². The Morgan fingerprint density at radius 2 is 1.96 bits per heavy atom. The van der Waals surface area contributed by atoms with Crippen LogP contribution in [0.3, 0.4) is 0 Å². The van der Waals surface area contributed by atoms with Crippen LogP contribution in [-0.4, -0.2) is 47.0 Å². The largest absolute Gasteiger partial charge is 0.467 e.